The summed E-state index contributed by atoms with van der Waals surface area (Å²) in [5.41, 5.74) is 7.02. The van der Waals surface area contributed by atoms with Gasteiger partial charge in [0.2, 0.25) is 10.0 Å². The number of hydrogen-bond donors (Lipinski definition) is 3. The molecule has 0 aliphatic carbocycles. The highest BCUT2D eigenvalue weighted by Gasteiger charge is 2.49. The minimum absolute atomic E-state index is 0.0338. The molecule has 2 aliphatic rings. The van der Waals surface area contributed by atoms with E-state index >= 15 is 0 Å². The van der Waals surface area contributed by atoms with Crippen molar-refractivity contribution in [2.45, 2.75) is 56.1 Å². The minimum Gasteiger partial charge on any atom is -0.465 e. The van der Waals surface area contributed by atoms with E-state index in [4.69, 9.17) is 15.2 Å². The fraction of sp³-hybridized carbons (Fsp3) is 0.519. The maximum atomic E-state index is 13.6. The summed E-state index contributed by atoms with van der Waals surface area (Å²) in [5, 5.41) is 22.0. The molecule has 1 amide bonds. The van der Waals surface area contributed by atoms with Crippen molar-refractivity contribution in [1.82, 2.24) is 9.21 Å². The summed E-state index contributed by atoms with van der Waals surface area (Å²) in [5.74, 6) is -0.185. The molecule has 10 nitrogen and oxygen atoms in total. The molecule has 4 N–H and O–H groups in total. The molecule has 2 saturated heterocycles. The number of amides is 1. The summed E-state index contributed by atoms with van der Waals surface area (Å²) in [4.78, 5) is 14.0. The highest BCUT2D eigenvalue weighted by molar-refractivity contribution is 7.89. The van der Waals surface area contributed by atoms with E-state index in [9.17, 15) is 23.4 Å². The van der Waals surface area contributed by atoms with Gasteiger partial charge in [-0.1, -0.05) is 44.2 Å². The van der Waals surface area contributed by atoms with Gasteiger partial charge in [0.1, 0.15) is 0 Å². The Balaban J connectivity index is 1.67. The molecule has 38 heavy (non-hydrogen) atoms. The molecule has 2 aromatic rings. The molecule has 2 heterocycles. The number of ether oxygens (including phenoxy) is 2. The second-order valence-corrected chi connectivity index (χ2v) is 12.3. The molecule has 11 heteroatoms. The maximum Gasteiger partial charge on any atom is 0.407 e. The second-order valence-electron chi connectivity index (χ2n) is 10.4. The molecule has 0 saturated carbocycles. The quantitative estimate of drug-likeness (QED) is 0.365. The monoisotopic (exact) mass is 547 g/mol. The van der Waals surface area contributed by atoms with E-state index in [2.05, 4.69) is 0 Å². The highest BCUT2D eigenvalue weighted by atomic mass is 32.2. The summed E-state index contributed by atoms with van der Waals surface area (Å²) in [6, 6.07) is 13.8. The van der Waals surface area contributed by atoms with Gasteiger partial charge in [0.25, 0.3) is 0 Å². The first kappa shape index (κ1) is 28.3. The zero-order valence-electron chi connectivity index (χ0n) is 21.7. The van der Waals surface area contributed by atoms with Gasteiger partial charge in [-0.15, -0.1) is 0 Å². The first-order valence-electron chi connectivity index (χ1n) is 12.9. The molecule has 2 unspecified atom stereocenters. The molecule has 0 spiro atoms. The Labute approximate surface area is 224 Å². The van der Waals surface area contributed by atoms with Crippen LogP contribution in [0.25, 0.3) is 0 Å². The van der Waals surface area contributed by atoms with Gasteiger partial charge in [-0.25, -0.2) is 13.2 Å². The molecule has 2 aliphatic heterocycles. The van der Waals surface area contributed by atoms with Gasteiger partial charge in [0.15, 0.2) is 6.29 Å². The Kier molecular flexibility index (Phi) is 8.94. The largest absolute Gasteiger partial charge is 0.465 e. The summed E-state index contributed by atoms with van der Waals surface area (Å²) < 4.78 is 39.8. The third kappa shape index (κ3) is 6.29. The average molecular weight is 548 g/mol. The summed E-state index contributed by atoms with van der Waals surface area (Å²) in [6.45, 7) is 4.29. The van der Waals surface area contributed by atoms with Gasteiger partial charge < -0.3 is 25.4 Å². The van der Waals surface area contributed by atoms with E-state index in [1.165, 1.54) is 33.5 Å². The van der Waals surface area contributed by atoms with Crippen LogP contribution in [-0.4, -0.2) is 84.7 Å². The SMILES string of the molecule is CC(C)CN(C[C@@H](O)C(Cc1ccccc1)N(C(=O)O)C1CO[C@H]2OCC[C@@H]12)S(=O)(=O)c1ccc(N)cc1. The van der Waals surface area contributed by atoms with Crippen LogP contribution in [0.5, 0.6) is 0 Å². The molecule has 0 bridgehead atoms. The number of benzene rings is 2. The summed E-state index contributed by atoms with van der Waals surface area (Å²) >= 11 is 0. The maximum absolute atomic E-state index is 13.6. The van der Waals surface area contributed by atoms with Crippen molar-refractivity contribution < 1.29 is 32.9 Å². The van der Waals surface area contributed by atoms with Crippen LogP contribution in [0.1, 0.15) is 25.8 Å². The molecule has 0 aromatic heterocycles. The normalized spacial score (nSPS) is 22.9. The van der Waals surface area contributed by atoms with Gasteiger partial charge in [-0.3, -0.25) is 4.90 Å². The van der Waals surface area contributed by atoms with E-state index in [0.29, 0.717) is 18.7 Å². The first-order chi connectivity index (χ1) is 18.1. The minimum atomic E-state index is -3.99. The van der Waals surface area contributed by atoms with Crippen molar-refractivity contribution in [2.24, 2.45) is 11.8 Å². The van der Waals surface area contributed by atoms with E-state index in [-0.39, 0.29) is 42.8 Å². The van der Waals surface area contributed by atoms with E-state index < -0.39 is 40.6 Å². The number of nitrogens with zero attached hydrogens (tertiary/aromatic N) is 2. The average Bonchev–Trinajstić information content (AvgIpc) is 3.49. The lowest BCUT2D eigenvalue weighted by Gasteiger charge is -2.39. The van der Waals surface area contributed by atoms with E-state index in [1.54, 1.807) is 0 Å². The Bertz CT molecular complexity index is 1180. The number of carboxylic acid groups (broad SMARTS) is 1. The lowest BCUT2D eigenvalue weighted by Crippen LogP contribution is -2.57. The van der Waals surface area contributed by atoms with Crippen LogP contribution in [-0.2, 0) is 25.9 Å². The van der Waals surface area contributed by atoms with Crippen molar-refractivity contribution in [3.05, 3.63) is 60.2 Å². The molecule has 5 atom stereocenters. The van der Waals surface area contributed by atoms with Crippen molar-refractivity contribution in [2.75, 3.05) is 32.0 Å². The topological polar surface area (TPSA) is 143 Å². The standard InChI is InChI=1S/C27H37N3O7S/c1-18(2)15-29(38(34,35)21-10-8-20(28)9-11-21)16-25(31)23(14-19-6-4-3-5-7-19)30(27(32)33)24-17-37-26-22(24)12-13-36-26/h3-11,18,22-26,31H,12-17,28H2,1-2H3,(H,32,33)/t22-,23?,24?,25+,26+/m0/s1. The van der Waals surface area contributed by atoms with E-state index in [1.807, 2.05) is 44.2 Å². The van der Waals surface area contributed by atoms with Gasteiger partial charge in [0.05, 0.1) is 36.3 Å². The second kappa shape index (κ2) is 12.0. The van der Waals surface area contributed by atoms with Gasteiger partial charge in [0, 0.05) is 24.7 Å². The van der Waals surface area contributed by atoms with Gasteiger partial charge in [-0.2, -0.15) is 4.31 Å². The zero-order valence-corrected chi connectivity index (χ0v) is 22.5. The summed E-state index contributed by atoms with van der Waals surface area (Å²) in [6.07, 6.45) is -2.11. The molecule has 2 aromatic carbocycles. The fourth-order valence-corrected chi connectivity index (χ4v) is 6.95. The Morgan fingerprint density at radius 3 is 2.39 bits per heavy atom. The van der Waals surface area contributed by atoms with Crippen molar-refractivity contribution in [3.8, 4) is 0 Å². The number of fused-ring (bicyclic) bond motifs is 1. The van der Waals surface area contributed by atoms with Crippen LogP contribution in [0.15, 0.2) is 59.5 Å². The number of aliphatic hydroxyl groups is 1. The first-order valence-corrected chi connectivity index (χ1v) is 14.3. The van der Waals surface area contributed by atoms with Crippen LogP contribution in [0, 0.1) is 11.8 Å². The molecular formula is C27H37N3O7S. The number of anilines is 1. The van der Waals surface area contributed by atoms with Crippen LogP contribution in [0.2, 0.25) is 0 Å². The third-order valence-electron chi connectivity index (χ3n) is 7.15. The van der Waals surface area contributed by atoms with Crippen molar-refractivity contribution >= 4 is 21.8 Å². The van der Waals surface area contributed by atoms with Crippen LogP contribution in [0.3, 0.4) is 0 Å². The van der Waals surface area contributed by atoms with Crippen LogP contribution < -0.4 is 5.73 Å². The predicted octanol–water partition coefficient (Wildman–Crippen LogP) is 2.63. The molecule has 2 fully saturated rings. The number of rotatable bonds is 11. The number of carbonyl (C=O) groups is 1. The lowest BCUT2D eigenvalue weighted by atomic mass is 9.93. The molecule has 208 valence electrons. The van der Waals surface area contributed by atoms with Gasteiger partial charge >= 0.3 is 6.09 Å². The molecule has 4 rings (SSSR count). The number of aliphatic hydroxyl groups excluding tert-OH is 1. The van der Waals surface area contributed by atoms with Crippen molar-refractivity contribution in [3.63, 3.8) is 0 Å². The number of hydrogen-bond acceptors (Lipinski definition) is 7. The zero-order chi connectivity index (χ0) is 27.4. The Hall–Kier alpha value is -2.70. The molecular weight excluding hydrogens is 510 g/mol. The van der Waals surface area contributed by atoms with E-state index in [0.717, 1.165) is 5.56 Å². The summed E-state index contributed by atoms with van der Waals surface area (Å²) in [7, 11) is -3.99. The Morgan fingerprint density at radius 1 is 1.08 bits per heavy atom. The predicted molar refractivity (Wildman–Crippen MR) is 142 cm³/mol. The fourth-order valence-electron chi connectivity index (χ4n) is 5.33. The third-order valence-corrected chi connectivity index (χ3v) is 9.00. The smallest absolute Gasteiger partial charge is 0.407 e. The van der Waals surface area contributed by atoms with Crippen LogP contribution in [0.4, 0.5) is 10.5 Å². The number of sulfonamides is 1. The van der Waals surface area contributed by atoms with Crippen molar-refractivity contribution in [1.29, 1.82) is 0 Å². The molecule has 0 radical (unpaired) electrons. The van der Waals surface area contributed by atoms with Crippen LogP contribution >= 0.6 is 0 Å². The lowest BCUT2D eigenvalue weighted by molar-refractivity contribution is -0.0906. The number of nitrogens with two attached hydrogens (primary N) is 1. The Morgan fingerprint density at radius 2 is 1.76 bits per heavy atom. The highest BCUT2D eigenvalue weighted by Crippen LogP contribution is 2.36. The number of nitrogen functional groups attached to an aromatic ring is 1. The van der Waals surface area contributed by atoms with Gasteiger partial charge in [-0.05, 0) is 48.6 Å².